The lowest BCUT2D eigenvalue weighted by Crippen LogP contribution is -2.21. The van der Waals surface area contributed by atoms with Crippen molar-refractivity contribution in [2.45, 2.75) is 34.1 Å². The minimum Gasteiger partial charge on any atom is -0.493 e. The maximum atomic E-state index is 12.9. The Balaban J connectivity index is 1.93. The van der Waals surface area contributed by atoms with Gasteiger partial charge in [-0.25, -0.2) is 0 Å². The van der Waals surface area contributed by atoms with Crippen molar-refractivity contribution in [2.75, 3.05) is 11.6 Å². The molecule has 0 radical (unpaired) electrons. The molecule has 0 saturated carbocycles. The summed E-state index contributed by atoms with van der Waals surface area (Å²) in [4.78, 5) is 12.9. The summed E-state index contributed by atoms with van der Waals surface area (Å²) in [6, 6.07) is 13.7. The Morgan fingerprint density at radius 3 is 2.58 bits per heavy atom. The molecule has 2 aromatic rings. The minimum atomic E-state index is -0.115. The number of ether oxygens (including phenoxy) is 1. The largest absolute Gasteiger partial charge is 0.493 e. The summed E-state index contributed by atoms with van der Waals surface area (Å²) in [5.74, 6) is 0.670. The molecular weight excluding hydrogens is 324 g/mol. The molecule has 0 unspecified atom stereocenters. The van der Waals surface area contributed by atoms with Crippen LogP contribution in [0.1, 0.15) is 37.0 Å². The molecule has 26 heavy (non-hydrogen) atoms. The minimum absolute atomic E-state index is 0.115. The van der Waals surface area contributed by atoms with Gasteiger partial charge in [0.05, 0.1) is 23.6 Å². The van der Waals surface area contributed by atoms with Gasteiger partial charge in [0.25, 0.3) is 5.91 Å². The van der Waals surface area contributed by atoms with E-state index in [9.17, 15) is 4.79 Å². The van der Waals surface area contributed by atoms with Gasteiger partial charge < -0.3 is 4.74 Å². The number of hydrogen-bond donors (Lipinski definition) is 0. The summed E-state index contributed by atoms with van der Waals surface area (Å²) in [6.07, 6.45) is 2.80. The monoisotopic (exact) mass is 348 g/mol. The Morgan fingerprint density at radius 1 is 1.08 bits per heavy atom. The van der Waals surface area contributed by atoms with Crippen LogP contribution in [0, 0.1) is 13.8 Å². The van der Waals surface area contributed by atoms with E-state index < -0.39 is 0 Å². The first-order valence-corrected chi connectivity index (χ1v) is 8.92. The van der Waals surface area contributed by atoms with Crippen LogP contribution in [-0.2, 0) is 4.79 Å². The number of carbonyl (C=O) groups is 1. The summed E-state index contributed by atoms with van der Waals surface area (Å²) in [5, 5.41) is 5.95. The number of hydrogen-bond acceptors (Lipinski definition) is 3. The molecular formula is C22H24N2O2. The average Bonchev–Trinajstić information content (AvgIpc) is 2.91. The molecule has 0 fully saturated rings. The Morgan fingerprint density at radius 2 is 1.85 bits per heavy atom. The topological polar surface area (TPSA) is 41.9 Å². The van der Waals surface area contributed by atoms with Gasteiger partial charge in [0, 0.05) is 5.56 Å². The van der Waals surface area contributed by atoms with Crippen LogP contribution >= 0.6 is 0 Å². The molecule has 0 aromatic heterocycles. The van der Waals surface area contributed by atoms with E-state index in [1.807, 2.05) is 62.4 Å². The molecule has 3 rings (SSSR count). The van der Waals surface area contributed by atoms with E-state index in [1.54, 1.807) is 0 Å². The van der Waals surface area contributed by atoms with Gasteiger partial charge in [0.2, 0.25) is 0 Å². The van der Waals surface area contributed by atoms with Crippen molar-refractivity contribution in [1.29, 1.82) is 0 Å². The summed E-state index contributed by atoms with van der Waals surface area (Å²) in [6.45, 7) is 8.67. The van der Waals surface area contributed by atoms with E-state index in [0.29, 0.717) is 17.9 Å². The molecule has 1 aliphatic heterocycles. The molecule has 0 N–H and O–H groups in total. The lowest BCUT2D eigenvalue weighted by atomic mass is 10.1. The van der Waals surface area contributed by atoms with Crippen LogP contribution in [-0.4, -0.2) is 18.2 Å². The lowest BCUT2D eigenvalue weighted by Gasteiger charge is -2.13. The molecule has 0 saturated heterocycles. The Hall–Kier alpha value is -2.88. The zero-order chi connectivity index (χ0) is 18.7. The van der Waals surface area contributed by atoms with Crippen LogP contribution in [0.15, 0.2) is 53.1 Å². The number of carbonyl (C=O) groups excluding carboxylic acids is 1. The van der Waals surface area contributed by atoms with E-state index in [1.165, 1.54) is 10.6 Å². The van der Waals surface area contributed by atoms with Crippen LogP contribution < -0.4 is 9.75 Å². The average molecular weight is 348 g/mol. The van der Waals surface area contributed by atoms with Gasteiger partial charge in [-0.15, -0.1) is 0 Å². The van der Waals surface area contributed by atoms with Gasteiger partial charge in [-0.05, 0) is 62.6 Å². The van der Waals surface area contributed by atoms with Crippen molar-refractivity contribution in [2.24, 2.45) is 5.10 Å². The van der Waals surface area contributed by atoms with Crippen LogP contribution in [0.4, 0.5) is 5.69 Å². The van der Waals surface area contributed by atoms with E-state index in [0.717, 1.165) is 29.0 Å². The van der Waals surface area contributed by atoms with Gasteiger partial charge in [0.15, 0.2) is 0 Å². The van der Waals surface area contributed by atoms with E-state index in [2.05, 4.69) is 18.9 Å². The normalized spacial score (nSPS) is 15.5. The predicted octanol–water partition coefficient (Wildman–Crippen LogP) is 4.90. The highest BCUT2D eigenvalue weighted by Crippen LogP contribution is 2.28. The summed E-state index contributed by atoms with van der Waals surface area (Å²) >= 11 is 0. The molecule has 134 valence electrons. The second-order valence-electron chi connectivity index (χ2n) is 6.52. The third kappa shape index (κ3) is 3.54. The van der Waals surface area contributed by atoms with E-state index in [4.69, 9.17) is 4.74 Å². The fraction of sp³-hybridized carbons (Fsp3) is 0.273. The standard InChI is InChI=1S/C22H24N2O2/c1-5-12-26-21-9-7-6-8-18(21)14-20-17(4)23-24(22(20)25)19-11-10-15(2)16(3)13-19/h6-11,13-14H,5,12H2,1-4H3/b20-14-. The van der Waals surface area contributed by atoms with Gasteiger partial charge in [0.1, 0.15) is 5.75 Å². The molecule has 2 aromatic carbocycles. The number of amides is 1. The third-order valence-corrected chi connectivity index (χ3v) is 4.48. The fourth-order valence-electron chi connectivity index (χ4n) is 2.82. The highest BCUT2D eigenvalue weighted by atomic mass is 16.5. The first-order valence-electron chi connectivity index (χ1n) is 8.92. The summed E-state index contributed by atoms with van der Waals surface area (Å²) in [5.41, 5.74) is 5.31. The first kappa shape index (κ1) is 17.9. The Labute approximate surface area is 154 Å². The molecule has 1 amide bonds. The van der Waals surface area contributed by atoms with Gasteiger partial charge in [-0.2, -0.15) is 10.1 Å². The zero-order valence-corrected chi connectivity index (χ0v) is 15.7. The molecule has 0 spiro atoms. The van der Waals surface area contributed by atoms with Crippen LogP contribution in [0.2, 0.25) is 0 Å². The van der Waals surface area contributed by atoms with Crippen molar-refractivity contribution in [3.63, 3.8) is 0 Å². The number of benzene rings is 2. The molecule has 0 bridgehead atoms. The quantitative estimate of drug-likeness (QED) is 0.721. The zero-order valence-electron chi connectivity index (χ0n) is 15.7. The van der Waals surface area contributed by atoms with Gasteiger partial charge in [-0.3, -0.25) is 4.79 Å². The van der Waals surface area contributed by atoms with Crippen molar-refractivity contribution >= 4 is 23.4 Å². The van der Waals surface area contributed by atoms with Crippen molar-refractivity contribution < 1.29 is 9.53 Å². The molecule has 1 aliphatic rings. The van der Waals surface area contributed by atoms with Crippen LogP contribution in [0.25, 0.3) is 6.08 Å². The number of para-hydroxylation sites is 1. The maximum Gasteiger partial charge on any atom is 0.280 e. The van der Waals surface area contributed by atoms with Gasteiger partial charge in [-0.1, -0.05) is 31.2 Å². The number of hydrazone groups is 1. The number of aryl methyl sites for hydroxylation is 2. The SMILES string of the molecule is CCCOc1ccccc1/C=C1\C(=O)N(c2ccc(C)c(C)c2)N=C1C. The predicted molar refractivity (Wildman–Crippen MR) is 107 cm³/mol. The summed E-state index contributed by atoms with van der Waals surface area (Å²) < 4.78 is 5.80. The molecule has 0 aliphatic carbocycles. The number of nitrogens with zero attached hydrogens (tertiary/aromatic N) is 2. The Kier molecular flexibility index (Phi) is 5.21. The second-order valence-corrected chi connectivity index (χ2v) is 6.52. The molecule has 4 heteroatoms. The highest BCUT2D eigenvalue weighted by molar-refractivity contribution is 6.32. The molecule has 0 atom stereocenters. The fourth-order valence-corrected chi connectivity index (χ4v) is 2.82. The van der Waals surface area contributed by atoms with E-state index in [-0.39, 0.29) is 5.91 Å². The van der Waals surface area contributed by atoms with Crippen molar-refractivity contribution in [1.82, 2.24) is 0 Å². The van der Waals surface area contributed by atoms with E-state index >= 15 is 0 Å². The van der Waals surface area contributed by atoms with Crippen LogP contribution in [0.5, 0.6) is 5.75 Å². The molecule has 4 nitrogen and oxygen atoms in total. The highest BCUT2D eigenvalue weighted by Gasteiger charge is 2.29. The van der Waals surface area contributed by atoms with Gasteiger partial charge >= 0.3 is 0 Å². The maximum absolute atomic E-state index is 12.9. The lowest BCUT2D eigenvalue weighted by molar-refractivity contribution is -0.114. The smallest absolute Gasteiger partial charge is 0.280 e. The van der Waals surface area contributed by atoms with Crippen molar-refractivity contribution in [3.8, 4) is 5.75 Å². The first-order chi connectivity index (χ1) is 12.5. The number of rotatable bonds is 5. The van der Waals surface area contributed by atoms with Crippen LogP contribution in [0.3, 0.4) is 0 Å². The summed E-state index contributed by atoms with van der Waals surface area (Å²) in [7, 11) is 0. The second kappa shape index (κ2) is 7.56. The molecule has 1 heterocycles. The number of anilines is 1. The third-order valence-electron chi connectivity index (χ3n) is 4.48. The van der Waals surface area contributed by atoms with Crippen molar-refractivity contribution in [3.05, 3.63) is 64.7 Å². The Bertz CT molecular complexity index is 897.